The Kier molecular flexibility index (Phi) is 4.90. The van der Waals surface area contributed by atoms with Crippen LogP contribution in [0.1, 0.15) is 45.5 Å². The van der Waals surface area contributed by atoms with Gasteiger partial charge in [-0.15, -0.1) is 0 Å². The maximum absolute atomic E-state index is 5.50. The highest BCUT2D eigenvalue weighted by atomic mass is 15.3. The molecule has 1 aromatic rings. The van der Waals surface area contributed by atoms with Crippen LogP contribution in [0.25, 0.3) is 0 Å². The molecule has 0 spiro atoms. The van der Waals surface area contributed by atoms with Crippen LogP contribution >= 0.6 is 0 Å². The van der Waals surface area contributed by atoms with E-state index in [1.807, 2.05) is 6.92 Å². The number of nitrogens with zero attached hydrogens (tertiary/aromatic N) is 2. The molecule has 0 fully saturated rings. The molecule has 0 atom stereocenters. The van der Waals surface area contributed by atoms with Crippen molar-refractivity contribution >= 4 is 11.6 Å². The zero-order valence-corrected chi connectivity index (χ0v) is 12.1. The summed E-state index contributed by atoms with van der Waals surface area (Å²) in [7, 11) is 0. The monoisotopic (exact) mass is 251 g/mol. The summed E-state index contributed by atoms with van der Waals surface area (Å²) in [6, 6.07) is 0. The van der Waals surface area contributed by atoms with Crippen molar-refractivity contribution < 1.29 is 0 Å². The third kappa shape index (κ3) is 4.14. The standard InChI is InChI=1S/C13H25N5/c1-6-7-10-16-11(15-8-13(3,4)5)9(2)12(17-10)18-14/h6-8,14H2,1-5H3,(H2,15,16,17,18). The predicted octanol–water partition coefficient (Wildman–Crippen LogP) is 2.48. The van der Waals surface area contributed by atoms with Gasteiger partial charge in [-0.1, -0.05) is 27.7 Å². The number of aryl methyl sites for hydroxylation is 1. The first-order valence-electron chi connectivity index (χ1n) is 6.45. The number of hydrazine groups is 1. The van der Waals surface area contributed by atoms with Gasteiger partial charge >= 0.3 is 0 Å². The first-order chi connectivity index (χ1) is 8.37. The lowest BCUT2D eigenvalue weighted by Gasteiger charge is -2.21. The molecule has 18 heavy (non-hydrogen) atoms. The molecule has 1 aromatic heterocycles. The van der Waals surface area contributed by atoms with Crippen LogP contribution in [0.15, 0.2) is 0 Å². The van der Waals surface area contributed by atoms with Crippen LogP contribution < -0.4 is 16.6 Å². The van der Waals surface area contributed by atoms with Crippen molar-refractivity contribution in [3.05, 3.63) is 11.4 Å². The first kappa shape index (κ1) is 14.7. The predicted molar refractivity (Wildman–Crippen MR) is 76.5 cm³/mol. The van der Waals surface area contributed by atoms with E-state index in [0.717, 1.165) is 36.6 Å². The van der Waals surface area contributed by atoms with Gasteiger partial charge in [-0.05, 0) is 18.8 Å². The molecular weight excluding hydrogens is 226 g/mol. The van der Waals surface area contributed by atoms with E-state index in [-0.39, 0.29) is 5.41 Å². The van der Waals surface area contributed by atoms with Gasteiger partial charge in [-0.3, -0.25) is 0 Å². The van der Waals surface area contributed by atoms with E-state index in [9.17, 15) is 0 Å². The fourth-order valence-corrected chi connectivity index (χ4v) is 1.56. The lowest BCUT2D eigenvalue weighted by atomic mass is 9.97. The summed E-state index contributed by atoms with van der Waals surface area (Å²) in [4.78, 5) is 8.95. The second kappa shape index (κ2) is 6.00. The molecule has 0 bridgehead atoms. The van der Waals surface area contributed by atoms with E-state index in [2.05, 4.69) is 48.4 Å². The van der Waals surface area contributed by atoms with Gasteiger partial charge in [0.25, 0.3) is 0 Å². The van der Waals surface area contributed by atoms with Gasteiger partial charge in [-0.25, -0.2) is 15.8 Å². The molecule has 0 aliphatic heterocycles. The summed E-state index contributed by atoms with van der Waals surface area (Å²) in [5, 5.41) is 3.38. The van der Waals surface area contributed by atoms with E-state index in [1.165, 1.54) is 0 Å². The van der Waals surface area contributed by atoms with Crippen molar-refractivity contribution in [2.45, 2.75) is 47.5 Å². The molecule has 5 nitrogen and oxygen atoms in total. The topological polar surface area (TPSA) is 75.9 Å². The van der Waals surface area contributed by atoms with Gasteiger partial charge in [-0.2, -0.15) is 0 Å². The number of nitrogens with two attached hydrogens (primary N) is 1. The van der Waals surface area contributed by atoms with Gasteiger partial charge in [0.2, 0.25) is 0 Å². The minimum atomic E-state index is 0.207. The highest BCUT2D eigenvalue weighted by Crippen LogP contribution is 2.21. The van der Waals surface area contributed by atoms with Crippen LogP contribution in [-0.4, -0.2) is 16.5 Å². The van der Waals surface area contributed by atoms with Crippen molar-refractivity contribution in [1.29, 1.82) is 0 Å². The normalized spacial score (nSPS) is 11.4. The number of rotatable bonds is 5. The Balaban J connectivity index is 2.97. The molecule has 0 saturated carbocycles. The minimum Gasteiger partial charge on any atom is -0.369 e. The van der Waals surface area contributed by atoms with Crippen LogP contribution in [0, 0.1) is 12.3 Å². The Bertz CT molecular complexity index is 395. The maximum Gasteiger partial charge on any atom is 0.148 e. The van der Waals surface area contributed by atoms with E-state index < -0.39 is 0 Å². The smallest absolute Gasteiger partial charge is 0.148 e. The molecule has 0 saturated heterocycles. The molecule has 5 heteroatoms. The Morgan fingerprint density at radius 1 is 1.17 bits per heavy atom. The lowest BCUT2D eigenvalue weighted by Crippen LogP contribution is -2.21. The number of nitrogens with one attached hydrogen (secondary N) is 2. The molecule has 4 N–H and O–H groups in total. The second-order valence-corrected chi connectivity index (χ2v) is 5.77. The molecule has 1 heterocycles. The van der Waals surface area contributed by atoms with Crippen LogP contribution in [0.4, 0.5) is 11.6 Å². The van der Waals surface area contributed by atoms with Crippen LogP contribution in [-0.2, 0) is 6.42 Å². The second-order valence-electron chi connectivity index (χ2n) is 5.77. The fraction of sp³-hybridized carbons (Fsp3) is 0.692. The van der Waals surface area contributed by atoms with Crippen LogP contribution in [0.5, 0.6) is 0 Å². The number of anilines is 2. The van der Waals surface area contributed by atoms with E-state index >= 15 is 0 Å². The van der Waals surface area contributed by atoms with Gasteiger partial charge < -0.3 is 10.7 Å². The van der Waals surface area contributed by atoms with Gasteiger partial charge in [0.15, 0.2) is 0 Å². The van der Waals surface area contributed by atoms with Crippen molar-refractivity contribution in [3.63, 3.8) is 0 Å². The van der Waals surface area contributed by atoms with Crippen molar-refractivity contribution in [2.75, 3.05) is 17.3 Å². The number of hydrogen-bond acceptors (Lipinski definition) is 5. The van der Waals surface area contributed by atoms with E-state index in [0.29, 0.717) is 5.82 Å². The third-order valence-electron chi connectivity index (χ3n) is 2.59. The SMILES string of the molecule is CCCc1nc(NN)c(C)c(NCC(C)(C)C)n1. The highest BCUT2D eigenvalue weighted by Gasteiger charge is 2.14. The average Bonchev–Trinajstić information content (AvgIpc) is 2.28. The fourth-order valence-electron chi connectivity index (χ4n) is 1.56. The highest BCUT2D eigenvalue weighted by molar-refractivity contribution is 5.56. The molecule has 0 aliphatic carbocycles. The molecule has 0 amide bonds. The minimum absolute atomic E-state index is 0.207. The Morgan fingerprint density at radius 2 is 1.78 bits per heavy atom. The summed E-state index contributed by atoms with van der Waals surface area (Å²) in [6.45, 7) is 11.5. The molecule has 0 unspecified atom stereocenters. The number of hydrogen-bond donors (Lipinski definition) is 3. The van der Waals surface area contributed by atoms with Crippen molar-refractivity contribution in [1.82, 2.24) is 9.97 Å². The summed E-state index contributed by atoms with van der Waals surface area (Å²) >= 11 is 0. The number of nitrogen functional groups attached to an aromatic ring is 1. The quantitative estimate of drug-likeness (QED) is 0.553. The van der Waals surface area contributed by atoms with E-state index in [1.54, 1.807) is 0 Å². The summed E-state index contributed by atoms with van der Waals surface area (Å²) in [5.41, 5.74) is 3.81. The largest absolute Gasteiger partial charge is 0.369 e. The van der Waals surface area contributed by atoms with Crippen molar-refractivity contribution in [3.8, 4) is 0 Å². The Morgan fingerprint density at radius 3 is 2.28 bits per heavy atom. The van der Waals surface area contributed by atoms with E-state index in [4.69, 9.17) is 5.84 Å². The molecule has 0 radical (unpaired) electrons. The zero-order valence-electron chi connectivity index (χ0n) is 12.1. The lowest BCUT2D eigenvalue weighted by molar-refractivity contribution is 0.442. The molecule has 1 rings (SSSR count). The van der Waals surface area contributed by atoms with Gasteiger partial charge in [0.05, 0.1) is 0 Å². The van der Waals surface area contributed by atoms with Crippen molar-refractivity contribution in [2.24, 2.45) is 11.3 Å². The average molecular weight is 251 g/mol. The van der Waals surface area contributed by atoms with Gasteiger partial charge in [0.1, 0.15) is 17.5 Å². The summed E-state index contributed by atoms with van der Waals surface area (Å²) < 4.78 is 0. The molecular formula is C13H25N5. The Hall–Kier alpha value is -1.36. The number of aromatic nitrogens is 2. The third-order valence-corrected chi connectivity index (χ3v) is 2.59. The Labute approximate surface area is 110 Å². The molecule has 102 valence electrons. The van der Waals surface area contributed by atoms with Crippen LogP contribution in [0.3, 0.4) is 0 Å². The summed E-state index contributed by atoms with van der Waals surface area (Å²) in [6.07, 6.45) is 1.88. The molecule has 0 aliphatic rings. The van der Waals surface area contributed by atoms with Gasteiger partial charge in [0, 0.05) is 18.5 Å². The first-order valence-corrected chi connectivity index (χ1v) is 6.45. The zero-order chi connectivity index (χ0) is 13.8. The molecule has 0 aromatic carbocycles. The maximum atomic E-state index is 5.50. The summed E-state index contributed by atoms with van der Waals surface area (Å²) in [5.74, 6) is 7.90. The van der Waals surface area contributed by atoms with Crippen LogP contribution in [0.2, 0.25) is 0 Å².